The normalized spacial score (nSPS) is 17.4. The van der Waals surface area contributed by atoms with Crippen LogP contribution in [0.15, 0.2) is 12.5 Å². The molecule has 2 heterocycles. The average molecular weight is 933 g/mol. The molecule has 1 aromatic heterocycles. The maximum absolute atomic E-state index is 13.9. The highest BCUT2D eigenvalue weighted by molar-refractivity contribution is 5.98. The molecule has 372 valence electrons. The predicted molar refractivity (Wildman–Crippen MR) is 244 cm³/mol. The topological polar surface area (TPSA) is 342 Å². The predicted octanol–water partition coefficient (Wildman–Crippen LogP) is -1.07. The summed E-state index contributed by atoms with van der Waals surface area (Å²) < 4.78 is 0. The molecule has 0 aromatic carbocycles. The smallest absolute Gasteiger partial charge is 0.326 e. The summed E-state index contributed by atoms with van der Waals surface area (Å²) >= 11 is 0. The lowest BCUT2D eigenvalue weighted by molar-refractivity contribution is -0.143. The second-order valence-electron chi connectivity index (χ2n) is 18.3. The van der Waals surface area contributed by atoms with Crippen LogP contribution in [0, 0.1) is 23.7 Å². The lowest BCUT2D eigenvalue weighted by Gasteiger charge is -2.31. The molecule has 1 aromatic rings. The van der Waals surface area contributed by atoms with Crippen molar-refractivity contribution < 1.29 is 48.3 Å². The molecule has 1 aliphatic heterocycles. The zero-order chi connectivity index (χ0) is 49.8. The Morgan fingerprint density at radius 2 is 1.41 bits per heavy atom. The van der Waals surface area contributed by atoms with Crippen molar-refractivity contribution in [3.63, 3.8) is 0 Å². The van der Waals surface area contributed by atoms with Crippen molar-refractivity contribution in [3.8, 4) is 0 Å². The van der Waals surface area contributed by atoms with E-state index in [-0.39, 0.29) is 44.1 Å². The molecule has 8 amide bonds. The summed E-state index contributed by atoms with van der Waals surface area (Å²) in [5, 5.41) is 27.8. The van der Waals surface area contributed by atoms with Gasteiger partial charge in [0.05, 0.1) is 18.9 Å². The number of hydrogen-bond donors (Lipinski definition) is 11. The van der Waals surface area contributed by atoms with Crippen molar-refractivity contribution in [2.75, 3.05) is 19.6 Å². The van der Waals surface area contributed by atoms with E-state index in [1.54, 1.807) is 27.7 Å². The van der Waals surface area contributed by atoms with Crippen molar-refractivity contribution >= 4 is 53.2 Å². The molecule has 0 aliphatic carbocycles. The van der Waals surface area contributed by atoms with Crippen LogP contribution in [0.3, 0.4) is 0 Å². The Balaban J connectivity index is 2.19. The number of aliphatic carboxylic acids is 1. The molecule has 13 N–H and O–H groups in total. The quantitative estimate of drug-likeness (QED) is 0.0447. The van der Waals surface area contributed by atoms with E-state index in [4.69, 9.17) is 11.5 Å². The largest absolute Gasteiger partial charge is 0.480 e. The van der Waals surface area contributed by atoms with Gasteiger partial charge in [-0.15, -0.1) is 0 Å². The van der Waals surface area contributed by atoms with Gasteiger partial charge in [-0.3, -0.25) is 38.4 Å². The van der Waals surface area contributed by atoms with Crippen LogP contribution in [0.25, 0.3) is 0 Å². The van der Waals surface area contributed by atoms with Crippen LogP contribution in [-0.2, 0) is 49.6 Å². The van der Waals surface area contributed by atoms with E-state index in [0.29, 0.717) is 37.9 Å². The number of rotatable bonds is 28. The van der Waals surface area contributed by atoms with Crippen LogP contribution in [0.4, 0.5) is 0 Å². The number of carbonyl (C=O) groups is 9. The number of nitrogens with one attached hydrogen (secondary N) is 8. The van der Waals surface area contributed by atoms with Gasteiger partial charge in [0.2, 0.25) is 47.3 Å². The molecular formula is C44H76N12O10. The number of nitrogens with two attached hydrogens (primary N) is 2. The molecule has 0 unspecified atom stereocenters. The van der Waals surface area contributed by atoms with Crippen LogP contribution in [-0.4, -0.2) is 141 Å². The van der Waals surface area contributed by atoms with Crippen LogP contribution in [0.2, 0.25) is 0 Å². The van der Waals surface area contributed by atoms with Gasteiger partial charge in [-0.2, -0.15) is 0 Å². The number of carboxylic acids is 1. The first-order valence-corrected chi connectivity index (χ1v) is 23.1. The van der Waals surface area contributed by atoms with Gasteiger partial charge in [0.15, 0.2) is 0 Å². The van der Waals surface area contributed by atoms with Crippen molar-refractivity contribution in [2.45, 2.75) is 162 Å². The molecule has 9 atom stereocenters. The SMILES string of the molecule is CC[C@H](C)[C@H](N)C(=O)N[C@@H](CC(C)C)C(=O)N[C@@H](CCCCN)C(=O)N[C@@H](C)C(=O)N1CCC[C@H]1C(=O)N[C@H](C(=O)N[C@@H](Cc1cnc[nH]1)C(=O)NCC(=O)N[C@H](C(=O)O)C(C)C)C(C)C. The van der Waals surface area contributed by atoms with E-state index in [2.05, 4.69) is 47.2 Å². The van der Waals surface area contributed by atoms with E-state index < -0.39 is 120 Å². The summed E-state index contributed by atoms with van der Waals surface area (Å²) in [5.74, 6) is -7.40. The third-order valence-electron chi connectivity index (χ3n) is 11.6. The highest BCUT2D eigenvalue weighted by atomic mass is 16.4. The lowest BCUT2D eigenvalue weighted by atomic mass is 9.97. The number of carboxylic acid groups (broad SMARTS) is 1. The zero-order valence-corrected chi connectivity index (χ0v) is 40.0. The van der Waals surface area contributed by atoms with Crippen LogP contribution in [0.1, 0.15) is 113 Å². The first kappa shape index (κ1) is 56.5. The molecule has 22 nitrogen and oxygen atoms in total. The monoisotopic (exact) mass is 933 g/mol. The summed E-state index contributed by atoms with van der Waals surface area (Å²) in [7, 11) is 0. The number of unbranched alkanes of at least 4 members (excludes halogenated alkanes) is 1. The van der Waals surface area contributed by atoms with Crippen LogP contribution in [0.5, 0.6) is 0 Å². The minimum Gasteiger partial charge on any atom is -0.480 e. The van der Waals surface area contributed by atoms with E-state index >= 15 is 0 Å². The third-order valence-corrected chi connectivity index (χ3v) is 11.6. The highest BCUT2D eigenvalue weighted by Gasteiger charge is 2.40. The van der Waals surface area contributed by atoms with Gasteiger partial charge in [-0.05, 0) is 75.7 Å². The van der Waals surface area contributed by atoms with Gasteiger partial charge in [0, 0.05) is 24.9 Å². The van der Waals surface area contributed by atoms with E-state index in [1.165, 1.54) is 24.3 Å². The number of likely N-dealkylation sites (tertiary alicyclic amines) is 1. The number of H-pyrrole nitrogens is 1. The molecule has 0 radical (unpaired) electrons. The fourth-order valence-corrected chi connectivity index (χ4v) is 7.34. The Hall–Kier alpha value is -5.64. The molecule has 1 saturated heterocycles. The first-order valence-electron chi connectivity index (χ1n) is 23.1. The molecule has 1 fully saturated rings. The minimum absolute atomic E-state index is 0.00757. The molecule has 66 heavy (non-hydrogen) atoms. The molecule has 2 rings (SSSR count). The summed E-state index contributed by atoms with van der Waals surface area (Å²) in [5.41, 5.74) is 12.3. The molecule has 0 bridgehead atoms. The Kier molecular flexibility index (Phi) is 23.7. The molecule has 0 saturated carbocycles. The fourth-order valence-electron chi connectivity index (χ4n) is 7.34. The summed E-state index contributed by atoms with van der Waals surface area (Å²) in [6.45, 7) is 15.6. The third kappa shape index (κ3) is 18.0. The van der Waals surface area contributed by atoms with Gasteiger partial charge in [-0.1, -0.05) is 61.8 Å². The number of aromatic nitrogens is 2. The summed E-state index contributed by atoms with van der Waals surface area (Å²) in [6, 6.07) is -8.64. The van der Waals surface area contributed by atoms with Gasteiger partial charge in [-0.25, -0.2) is 9.78 Å². The Morgan fingerprint density at radius 3 is 1.97 bits per heavy atom. The number of hydrogen-bond acceptors (Lipinski definition) is 12. The Labute approximate surface area is 387 Å². The number of aromatic amines is 1. The number of amides is 8. The standard InChI is InChI=1S/C44H76N12O10/c1-10-26(8)34(46)41(62)52-30(18-23(2)3)39(60)51-29(14-11-12-16-45)38(59)50-27(9)43(64)56-17-13-15-32(56)40(61)55-35(24(4)5)42(63)53-31(19-28-20-47-22-49-28)37(58)48-21-33(57)54-36(25(6)7)44(65)66/h20,22-27,29-32,34-36H,10-19,21,45-46H2,1-9H3,(H,47,49)(H,48,58)(H,50,59)(H,51,60)(H,52,62)(H,53,63)(H,54,57)(H,55,61)(H,65,66)/t26-,27-,29-,30-,31-,32-,34-,35-,36-/m0/s1. The van der Waals surface area contributed by atoms with Gasteiger partial charge in [0.1, 0.15) is 42.3 Å². The minimum atomic E-state index is -1.25. The second-order valence-corrected chi connectivity index (χ2v) is 18.3. The van der Waals surface area contributed by atoms with Crippen molar-refractivity contribution in [2.24, 2.45) is 35.1 Å². The zero-order valence-electron chi connectivity index (χ0n) is 40.0. The van der Waals surface area contributed by atoms with E-state index in [9.17, 15) is 48.3 Å². The molecule has 22 heteroatoms. The Bertz CT molecular complexity index is 1790. The fraction of sp³-hybridized carbons (Fsp3) is 0.727. The van der Waals surface area contributed by atoms with Crippen molar-refractivity contribution in [3.05, 3.63) is 18.2 Å². The first-order chi connectivity index (χ1) is 31.0. The number of nitrogens with zero attached hydrogens (tertiary/aromatic N) is 2. The number of imidazole rings is 1. The van der Waals surface area contributed by atoms with Crippen LogP contribution < -0.4 is 48.7 Å². The van der Waals surface area contributed by atoms with E-state index in [0.717, 1.165) is 0 Å². The number of carbonyl (C=O) groups excluding carboxylic acids is 8. The van der Waals surface area contributed by atoms with Gasteiger partial charge >= 0.3 is 5.97 Å². The Morgan fingerprint density at radius 1 is 0.788 bits per heavy atom. The maximum atomic E-state index is 13.9. The van der Waals surface area contributed by atoms with Gasteiger partial charge < -0.3 is 63.7 Å². The average Bonchev–Trinajstić information content (AvgIpc) is 3.97. The van der Waals surface area contributed by atoms with Crippen molar-refractivity contribution in [1.29, 1.82) is 0 Å². The molecule has 1 aliphatic rings. The second kappa shape index (κ2) is 27.7. The van der Waals surface area contributed by atoms with Crippen molar-refractivity contribution in [1.82, 2.24) is 52.1 Å². The summed E-state index contributed by atoms with van der Waals surface area (Å²) in [6.07, 6.45) is 5.67. The van der Waals surface area contributed by atoms with Gasteiger partial charge in [0.25, 0.3) is 0 Å². The van der Waals surface area contributed by atoms with Crippen LogP contribution >= 0.6 is 0 Å². The highest BCUT2D eigenvalue weighted by Crippen LogP contribution is 2.20. The maximum Gasteiger partial charge on any atom is 0.326 e. The van der Waals surface area contributed by atoms with E-state index in [1.807, 2.05) is 27.7 Å². The molecular weight excluding hydrogens is 857 g/mol. The lowest BCUT2D eigenvalue weighted by Crippen LogP contribution is -2.60. The molecule has 0 spiro atoms. The summed E-state index contributed by atoms with van der Waals surface area (Å²) in [4.78, 5) is 128.